The molecule has 0 bridgehead atoms. The smallest absolute Gasteiger partial charge is 0.132 e. The van der Waals surface area contributed by atoms with E-state index in [1.165, 1.54) is 0 Å². The molecule has 21 heavy (non-hydrogen) atoms. The summed E-state index contributed by atoms with van der Waals surface area (Å²) >= 11 is 0. The molecule has 0 aliphatic carbocycles. The van der Waals surface area contributed by atoms with Crippen molar-refractivity contribution in [1.29, 1.82) is 0 Å². The van der Waals surface area contributed by atoms with Gasteiger partial charge in [-0.25, -0.2) is 0 Å². The Balaban J connectivity index is 1.95. The van der Waals surface area contributed by atoms with Gasteiger partial charge in [0.2, 0.25) is 0 Å². The Kier molecular flexibility index (Phi) is 3.68. The molecule has 110 valence electrons. The van der Waals surface area contributed by atoms with Gasteiger partial charge in [-0.05, 0) is 19.1 Å². The van der Waals surface area contributed by atoms with Gasteiger partial charge < -0.3 is 20.3 Å². The molecule has 4 nitrogen and oxygen atoms in total. The summed E-state index contributed by atoms with van der Waals surface area (Å²) in [6.07, 6.45) is 0. The molecule has 1 atom stereocenters. The van der Waals surface area contributed by atoms with E-state index in [1.54, 1.807) is 6.92 Å². The zero-order valence-electron chi connectivity index (χ0n) is 11.9. The van der Waals surface area contributed by atoms with Crippen LogP contribution in [0.4, 0.5) is 0 Å². The highest BCUT2D eigenvalue weighted by atomic mass is 16.5. The van der Waals surface area contributed by atoms with Crippen LogP contribution < -0.4 is 10.1 Å². The number of aliphatic hydroxyl groups is 2. The number of para-hydroxylation sites is 2. The number of ether oxygens (including phenoxy) is 1. The SMILES string of the molecule is CC(O)(CO)CNC1c2ccccc2Oc2ccccc21. The van der Waals surface area contributed by atoms with Gasteiger partial charge in [0.15, 0.2) is 0 Å². The predicted molar refractivity (Wildman–Crippen MR) is 80.5 cm³/mol. The third kappa shape index (κ3) is 2.78. The van der Waals surface area contributed by atoms with Crippen molar-refractivity contribution in [2.45, 2.75) is 18.6 Å². The molecule has 2 aromatic carbocycles. The van der Waals surface area contributed by atoms with Gasteiger partial charge >= 0.3 is 0 Å². The average molecular weight is 285 g/mol. The molecular weight excluding hydrogens is 266 g/mol. The molecule has 3 N–H and O–H groups in total. The molecule has 0 radical (unpaired) electrons. The van der Waals surface area contributed by atoms with Gasteiger partial charge in [0, 0.05) is 17.7 Å². The van der Waals surface area contributed by atoms with Crippen LogP contribution >= 0.6 is 0 Å². The molecule has 0 spiro atoms. The topological polar surface area (TPSA) is 61.7 Å². The zero-order chi connectivity index (χ0) is 14.9. The number of hydrogen-bond acceptors (Lipinski definition) is 4. The normalized spacial score (nSPS) is 16.5. The minimum Gasteiger partial charge on any atom is -0.457 e. The van der Waals surface area contributed by atoms with Crippen molar-refractivity contribution in [3.63, 3.8) is 0 Å². The molecule has 1 heterocycles. The molecule has 1 aliphatic heterocycles. The molecular formula is C17H19NO3. The largest absolute Gasteiger partial charge is 0.457 e. The molecule has 2 aromatic rings. The Morgan fingerprint density at radius 3 is 2.10 bits per heavy atom. The maximum atomic E-state index is 10.0. The first-order chi connectivity index (χ1) is 10.1. The van der Waals surface area contributed by atoms with Gasteiger partial charge in [-0.3, -0.25) is 0 Å². The highest BCUT2D eigenvalue weighted by Crippen LogP contribution is 2.42. The van der Waals surface area contributed by atoms with E-state index >= 15 is 0 Å². The first-order valence-corrected chi connectivity index (χ1v) is 7.03. The van der Waals surface area contributed by atoms with Crippen molar-refractivity contribution in [3.05, 3.63) is 59.7 Å². The van der Waals surface area contributed by atoms with Crippen LogP contribution in [0.15, 0.2) is 48.5 Å². The second-order valence-electron chi connectivity index (χ2n) is 5.65. The van der Waals surface area contributed by atoms with Crippen molar-refractivity contribution in [2.24, 2.45) is 0 Å². The lowest BCUT2D eigenvalue weighted by Gasteiger charge is -2.31. The maximum absolute atomic E-state index is 10.0. The second-order valence-corrected chi connectivity index (χ2v) is 5.65. The quantitative estimate of drug-likeness (QED) is 0.806. The monoisotopic (exact) mass is 285 g/mol. The zero-order valence-corrected chi connectivity index (χ0v) is 11.9. The van der Waals surface area contributed by atoms with Gasteiger partial charge in [0.1, 0.15) is 11.5 Å². The second kappa shape index (κ2) is 5.48. The highest BCUT2D eigenvalue weighted by Gasteiger charge is 2.28. The first-order valence-electron chi connectivity index (χ1n) is 7.03. The first kappa shape index (κ1) is 14.1. The number of aliphatic hydroxyl groups excluding tert-OH is 1. The van der Waals surface area contributed by atoms with E-state index < -0.39 is 5.60 Å². The van der Waals surface area contributed by atoms with Crippen molar-refractivity contribution in [2.75, 3.05) is 13.2 Å². The lowest BCUT2D eigenvalue weighted by atomic mass is 9.94. The fraction of sp³-hybridized carbons (Fsp3) is 0.294. The van der Waals surface area contributed by atoms with Crippen LogP contribution in [0, 0.1) is 0 Å². The summed E-state index contributed by atoms with van der Waals surface area (Å²) in [5, 5.41) is 22.5. The van der Waals surface area contributed by atoms with Crippen LogP contribution in [-0.4, -0.2) is 29.0 Å². The van der Waals surface area contributed by atoms with Gasteiger partial charge in [-0.1, -0.05) is 36.4 Å². The summed E-state index contributed by atoms with van der Waals surface area (Å²) in [5.74, 6) is 1.63. The van der Waals surface area contributed by atoms with Crippen molar-refractivity contribution in [1.82, 2.24) is 5.32 Å². The standard InChI is InChI=1S/C17H19NO3/c1-17(20,11-19)10-18-16-12-6-2-4-8-14(12)21-15-9-5-3-7-13(15)16/h2-9,16,18-20H,10-11H2,1H3. The molecule has 0 saturated heterocycles. The van der Waals surface area contributed by atoms with Gasteiger partial charge in [-0.15, -0.1) is 0 Å². The number of nitrogens with one attached hydrogen (secondary N) is 1. The number of fused-ring (bicyclic) bond motifs is 2. The van der Waals surface area contributed by atoms with E-state index in [0.717, 1.165) is 22.6 Å². The third-order valence-corrected chi connectivity index (χ3v) is 3.71. The predicted octanol–water partition coefficient (Wildman–Crippen LogP) is 2.21. The van der Waals surface area contributed by atoms with E-state index in [9.17, 15) is 10.2 Å². The minimum atomic E-state index is -1.15. The van der Waals surface area contributed by atoms with Gasteiger partial charge in [0.05, 0.1) is 18.2 Å². The van der Waals surface area contributed by atoms with E-state index in [0.29, 0.717) is 0 Å². The molecule has 3 rings (SSSR count). The Bertz CT molecular complexity index is 594. The lowest BCUT2D eigenvalue weighted by Crippen LogP contribution is -2.42. The summed E-state index contributed by atoms with van der Waals surface area (Å²) in [5.41, 5.74) is 0.914. The van der Waals surface area contributed by atoms with E-state index in [4.69, 9.17) is 4.74 Å². The van der Waals surface area contributed by atoms with Crippen molar-refractivity contribution < 1.29 is 14.9 Å². The molecule has 1 aliphatic rings. The molecule has 0 aromatic heterocycles. The van der Waals surface area contributed by atoms with Crippen LogP contribution in [-0.2, 0) is 0 Å². The third-order valence-electron chi connectivity index (χ3n) is 3.71. The van der Waals surface area contributed by atoms with Crippen LogP contribution in [0.5, 0.6) is 11.5 Å². The van der Waals surface area contributed by atoms with Crippen LogP contribution in [0.2, 0.25) is 0 Å². The fourth-order valence-corrected chi connectivity index (χ4v) is 2.51. The van der Waals surface area contributed by atoms with Crippen LogP contribution in [0.1, 0.15) is 24.1 Å². The molecule has 1 unspecified atom stereocenters. The van der Waals surface area contributed by atoms with Crippen LogP contribution in [0.25, 0.3) is 0 Å². The summed E-state index contributed by atoms with van der Waals surface area (Å²) in [7, 11) is 0. The molecule has 4 heteroatoms. The maximum Gasteiger partial charge on any atom is 0.132 e. The lowest BCUT2D eigenvalue weighted by molar-refractivity contribution is 0.00132. The Morgan fingerprint density at radius 2 is 1.57 bits per heavy atom. The fourth-order valence-electron chi connectivity index (χ4n) is 2.51. The number of benzene rings is 2. The van der Waals surface area contributed by atoms with Crippen LogP contribution in [0.3, 0.4) is 0 Å². The summed E-state index contributed by atoms with van der Waals surface area (Å²) < 4.78 is 5.91. The summed E-state index contributed by atoms with van der Waals surface area (Å²) in [4.78, 5) is 0. The number of rotatable bonds is 4. The summed E-state index contributed by atoms with van der Waals surface area (Å²) in [6, 6.07) is 15.6. The van der Waals surface area contributed by atoms with Gasteiger partial charge in [0.25, 0.3) is 0 Å². The molecule has 0 amide bonds. The van der Waals surface area contributed by atoms with E-state index in [1.807, 2.05) is 48.5 Å². The van der Waals surface area contributed by atoms with Crippen molar-refractivity contribution in [3.8, 4) is 11.5 Å². The van der Waals surface area contributed by atoms with Crippen molar-refractivity contribution >= 4 is 0 Å². The average Bonchev–Trinajstić information content (AvgIpc) is 2.51. The van der Waals surface area contributed by atoms with E-state index in [-0.39, 0.29) is 19.2 Å². The summed E-state index contributed by atoms with van der Waals surface area (Å²) in [6.45, 7) is 1.61. The minimum absolute atomic E-state index is 0.0656. The Labute approximate surface area is 124 Å². The Hall–Kier alpha value is -1.88. The van der Waals surface area contributed by atoms with E-state index in [2.05, 4.69) is 5.32 Å². The Morgan fingerprint density at radius 1 is 1.05 bits per heavy atom. The highest BCUT2D eigenvalue weighted by molar-refractivity contribution is 5.52. The molecule has 0 saturated carbocycles. The van der Waals surface area contributed by atoms with Gasteiger partial charge in [-0.2, -0.15) is 0 Å². The number of hydrogen-bond donors (Lipinski definition) is 3. The molecule has 0 fully saturated rings.